The Labute approximate surface area is 184 Å². The molecule has 2 N–H and O–H groups in total. The van der Waals surface area contributed by atoms with E-state index in [-0.39, 0.29) is 24.0 Å². The molecule has 0 aromatic carbocycles. The van der Waals surface area contributed by atoms with Gasteiger partial charge in [-0.15, -0.1) is 11.3 Å². The number of hydrogen-bond acceptors (Lipinski definition) is 8. The van der Waals surface area contributed by atoms with Crippen LogP contribution in [0.25, 0.3) is 4.96 Å². The van der Waals surface area contributed by atoms with Gasteiger partial charge in [0.2, 0.25) is 5.91 Å². The maximum absolute atomic E-state index is 12.7. The van der Waals surface area contributed by atoms with Gasteiger partial charge < -0.3 is 9.73 Å². The lowest BCUT2D eigenvalue weighted by atomic mass is 9.89. The summed E-state index contributed by atoms with van der Waals surface area (Å²) in [5.74, 6) is -1.20. The largest absolute Gasteiger partial charge is 0.472 e. The van der Waals surface area contributed by atoms with Crippen LogP contribution in [0.3, 0.4) is 0 Å². The van der Waals surface area contributed by atoms with Gasteiger partial charge in [0, 0.05) is 30.1 Å². The number of carbonyl (C=O) groups is 3. The first-order valence-electron chi connectivity index (χ1n) is 9.54. The van der Waals surface area contributed by atoms with E-state index < -0.39 is 5.92 Å². The van der Waals surface area contributed by atoms with E-state index in [0.717, 1.165) is 27.7 Å². The van der Waals surface area contributed by atoms with E-state index in [1.807, 2.05) is 22.9 Å². The molecule has 0 bridgehead atoms. The molecule has 11 heteroatoms. The fraction of sp³-hybridized carbons (Fsp3) is 0.250. The number of carbonyl (C=O) groups excluding carboxylic acids is 3. The lowest BCUT2D eigenvalue weighted by Gasteiger charge is -2.19. The maximum atomic E-state index is 12.7. The van der Waals surface area contributed by atoms with Crippen molar-refractivity contribution < 1.29 is 18.8 Å². The van der Waals surface area contributed by atoms with Crippen molar-refractivity contribution in [2.45, 2.75) is 26.3 Å². The van der Waals surface area contributed by atoms with Gasteiger partial charge in [-0.3, -0.25) is 24.1 Å². The number of thiazole rings is 2. The fourth-order valence-corrected chi connectivity index (χ4v) is 5.29. The zero-order valence-electron chi connectivity index (χ0n) is 16.4. The normalized spacial score (nSPS) is 15.8. The van der Waals surface area contributed by atoms with Crippen LogP contribution in [0.5, 0.6) is 0 Å². The van der Waals surface area contributed by atoms with Gasteiger partial charge in [0.05, 0.1) is 40.6 Å². The Kier molecular flexibility index (Phi) is 4.91. The number of anilines is 1. The first-order valence-corrected chi connectivity index (χ1v) is 11.2. The number of nitrogens with one attached hydrogen (secondary N) is 2. The summed E-state index contributed by atoms with van der Waals surface area (Å²) in [5, 5.41) is 7.91. The molecule has 5 rings (SSSR count). The van der Waals surface area contributed by atoms with Gasteiger partial charge in [-0.1, -0.05) is 11.3 Å². The summed E-state index contributed by atoms with van der Waals surface area (Å²) in [6, 6.07) is 1.54. The molecule has 0 aliphatic heterocycles. The van der Waals surface area contributed by atoms with Crippen molar-refractivity contribution in [1.29, 1.82) is 0 Å². The Morgan fingerprint density at radius 1 is 1.32 bits per heavy atom. The number of furan rings is 1. The van der Waals surface area contributed by atoms with Crippen molar-refractivity contribution in [3.05, 3.63) is 57.7 Å². The Balaban J connectivity index is 1.24. The second-order valence-corrected chi connectivity index (χ2v) is 9.10. The first-order chi connectivity index (χ1) is 15.0. The van der Waals surface area contributed by atoms with Gasteiger partial charge in [-0.25, -0.2) is 9.97 Å². The number of Topliss-reactive ketones (excluding diaryl/α,β-unsaturated/α-hetero) is 1. The van der Waals surface area contributed by atoms with Crippen molar-refractivity contribution in [2.75, 3.05) is 5.32 Å². The summed E-state index contributed by atoms with van der Waals surface area (Å²) in [4.78, 5) is 47.7. The molecule has 9 nitrogen and oxygen atoms in total. The van der Waals surface area contributed by atoms with Crippen LogP contribution in [-0.4, -0.2) is 32.0 Å². The zero-order valence-corrected chi connectivity index (χ0v) is 18.0. The van der Waals surface area contributed by atoms with Crippen LogP contribution in [0.4, 0.5) is 5.13 Å². The van der Waals surface area contributed by atoms with Gasteiger partial charge in [-0.2, -0.15) is 0 Å². The van der Waals surface area contributed by atoms with Gasteiger partial charge >= 0.3 is 0 Å². The molecule has 4 heterocycles. The Morgan fingerprint density at radius 3 is 2.97 bits per heavy atom. The number of rotatable bonds is 5. The molecule has 0 saturated carbocycles. The summed E-state index contributed by atoms with van der Waals surface area (Å²) in [6.45, 7) is 2.30. The highest BCUT2D eigenvalue weighted by Gasteiger charge is 2.33. The third-order valence-electron chi connectivity index (χ3n) is 5.08. The number of nitrogens with zero attached hydrogens (tertiary/aromatic N) is 3. The third-order valence-corrected chi connectivity index (χ3v) is 7.09. The lowest BCUT2D eigenvalue weighted by molar-refractivity contribution is -0.125. The second kappa shape index (κ2) is 7.75. The standard InChI is InChI=1S/C20H17N5O4S2/c1-10-9-30-20-22-13(7-25(10)20)6-21-17(27)12-4-14-16(15(26)5-12)31-19(23-14)24-18(28)11-2-3-29-8-11/h2-3,7-9,12H,4-6H2,1H3,(H,21,27)(H,23,24,28). The monoisotopic (exact) mass is 455 g/mol. The van der Waals surface area contributed by atoms with E-state index in [1.54, 1.807) is 17.4 Å². The highest BCUT2D eigenvalue weighted by molar-refractivity contribution is 7.17. The summed E-state index contributed by atoms with van der Waals surface area (Å²) in [6.07, 6.45) is 5.11. The van der Waals surface area contributed by atoms with Crippen LogP contribution < -0.4 is 10.6 Å². The van der Waals surface area contributed by atoms with Crippen LogP contribution in [-0.2, 0) is 17.8 Å². The van der Waals surface area contributed by atoms with Crippen molar-refractivity contribution >= 4 is 50.4 Å². The molecule has 1 unspecified atom stereocenters. The first kappa shape index (κ1) is 19.6. The van der Waals surface area contributed by atoms with Crippen molar-refractivity contribution in [1.82, 2.24) is 19.7 Å². The molecule has 4 aromatic rings. The number of hydrogen-bond donors (Lipinski definition) is 2. The number of imidazole rings is 1. The molecule has 4 aromatic heterocycles. The summed E-state index contributed by atoms with van der Waals surface area (Å²) < 4.78 is 6.89. The van der Waals surface area contributed by atoms with E-state index in [0.29, 0.717) is 34.2 Å². The number of aryl methyl sites for hydroxylation is 1. The second-order valence-electron chi connectivity index (χ2n) is 7.27. The molecule has 0 spiro atoms. The van der Waals surface area contributed by atoms with Crippen molar-refractivity contribution in [3.8, 4) is 0 Å². The molecule has 0 saturated heterocycles. The van der Waals surface area contributed by atoms with E-state index in [9.17, 15) is 14.4 Å². The predicted octanol–water partition coefficient (Wildman–Crippen LogP) is 3.07. The molecule has 0 radical (unpaired) electrons. The molecule has 2 amide bonds. The Bertz CT molecular complexity index is 1300. The smallest absolute Gasteiger partial charge is 0.260 e. The van der Waals surface area contributed by atoms with Gasteiger partial charge in [0.25, 0.3) is 5.91 Å². The maximum Gasteiger partial charge on any atom is 0.260 e. The van der Waals surface area contributed by atoms with Crippen molar-refractivity contribution in [2.24, 2.45) is 5.92 Å². The SMILES string of the molecule is Cc1csc2nc(CNC(=O)C3CC(=O)c4sc(NC(=O)c5ccoc5)nc4C3)cn12. The third kappa shape index (κ3) is 3.77. The average Bonchev–Trinajstić information content (AvgIpc) is 3.52. The highest BCUT2D eigenvalue weighted by atomic mass is 32.1. The lowest BCUT2D eigenvalue weighted by Crippen LogP contribution is -2.35. The van der Waals surface area contributed by atoms with Crippen LogP contribution >= 0.6 is 22.7 Å². The highest BCUT2D eigenvalue weighted by Crippen LogP contribution is 2.32. The molecule has 1 aliphatic carbocycles. The predicted molar refractivity (Wildman–Crippen MR) is 115 cm³/mol. The minimum absolute atomic E-state index is 0.119. The molecule has 1 aliphatic rings. The summed E-state index contributed by atoms with van der Waals surface area (Å²) in [7, 11) is 0. The van der Waals surface area contributed by atoms with Crippen LogP contribution in [0.2, 0.25) is 0 Å². The van der Waals surface area contributed by atoms with Crippen LogP contribution in [0, 0.1) is 12.8 Å². The van der Waals surface area contributed by atoms with Crippen LogP contribution in [0.1, 0.15) is 43.5 Å². The van der Waals surface area contributed by atoms with E-state index in [2.05, 4.69) is 20.6 Å². The number of aromatic nitrogens is 3. The van der Waals surface area contributed by atoms with Gasteiger partial charge in [-0.05, 0) is 13.0 Å². The Hall–Kier alpha value is -3.31. The minimum atomic E-state index is -0.495. The number of fused-ring (bicyclic) bond motifs is 2. The van der Waals surface area contributed by atoms with Crippen LogP contribution in [0.15, 0.2) is 34.6 Å². The zero-order chi connectivity index (χ0) is 21.5. The van der Waals surface area contributed by atoms with Gasteiger partial charge in [0.1, 0.15) is 6.26 Å². The molecule has 31 heavy (non-hydrogen) atoms. The summed E-state index contributed by atoms with van der Waals surface area (Å²) >= 11 is 2.68. The molecular weight excluding hydrogens is 438 g/mol. The molecule has 1 atom stereocenters. The van der Waals surface area contributed by atoms with Crippen molar-refractivity contribution in [3.63, 3.8) is 0 Å². The number of amides is 2. The average molecular weight is 456 g/mol. The summed E-state index contributed by atoms with van der Waals surface area (Å²) in [5.41, 5.74) is 2.77. The van der Waals surface area contributed by atoms with Gasteiger partial charge in [0.15, 0.2) is 15.9 Å². The topological polar surface area (TPSA) is 119 Å². The van der Waals surface area contributed by atoms with E-state index in [4.69, 9.17) is 4.42 Å². The molecule has 158 valence electrons. The quantitative estimate of drug-likeness (QED) is 0.477. The fourth-order valence-electron chi connectivity index (χ4n) is 3.48. The minimum Gasteiger partial charge on any atom is -0.472 e. The Morgan fingerprint density at radius 2 is 2.19 bits per heavy atom. The molecular formula is C20H17N5O4S2. The van der Waals surface area contributed by atoms with E-state index >= 15 is 0 Å². The molecule has 0 fully saturated rings. The van der Waals surface area contributed by atoms with E-state index in [1.165, 1.54) is 12.5 Å². The number of ketones is 1.